The fraction of sp³-hybridized carbons (Fsp3) is 0.176. The minimum Gasteiger partial charge on any atom is -0.466 e. The highest BCUT2D eigenvalue weighted by Gasteiger charge is 2.41. The maximum absolute atomic E-state index is 12.0. The molecule has 0 fully saturated rings. The summed E-state index contributed by atoms with van der Waals surface area (Å²) in [4.78, 5) is 17.3. The lowest BCUT2D eigenvalue weighted by atomic mass is 9.86. The van der Waals surface area contributed by atoms with Crippen LogP contribution in [0.2, 0.25) is 0 Å². The molecule has 2 atom stereocenters. The van der Waals surface area contributed by atoms with Gasteiger partial charge >= 0.3 is 5.97 Å². The third-order valence-electron chi connectivity index (χ3n) is 3.52. The van der Waals surface area contributed by atoms with E-state index >= 15 is 0 Å². The standard InChI is InChI=1S/C17H15NO3/c1-20-17(19)16-14(12-8-4-2-5-9-12)15(18-21-16)13-10-6-3-7-11-13/h2-11,14,16H,1H3/t14-,16-/m1/s1. The van der Waals surface area contributed by atoms with Crippen molar-refractivity contribution >= 4 is 11.7 Å². The summed E-state index contributed by atoms with van der Waals surface area (Å²) < 4.78 is 4.83. The Balaban J connectivity index is 2.02. The Hall–Kier alpha value is -2.62. The Labute approximate surface area is 123 Å². The first-order chi connectivity index (χ1) is 10.3. The lowest BCUT2D eigenvalue weighted by Crippen LogP contribution is -2.30. The molecule has 0 aliphatic carbocycles. The average molecular weight is 281 g/mol. The molecule has 4 heteroatoms. The minimum absolute atomic E-state index is 0.263. The van der Waals surface area contributed by atoms with Crippen molar-refractivity contribution in [3.05, 3.63) is 71.8 Å². The molecule has 0 unspecified atom stereocenters. The summed E-state index contributed by atoms with van der Waals surface area (Å²) in [6.07, 6.45) is -0.743. The van der Waals surface area contributed by atoms with Crippen LogP contribution in [0.1, 0.15) is 17.0 Å². The molecular weight excluding hydrogens is 266 g/mol. The van der Waals surface area contributed by atoms with Gasteiger partial charge in [0, 0.05) is 5.56 Å². The molecule has 21 heavy (non-hydrogen) atoms. The highest BCUT2D eigenvalue weighted by molar-refractivity contribution is 6.08. The van der Waals surface area contributed by atoms with Crippen molar-refractivity contribution in [3.63, 3.8) is 0 Å². The minimum atomic E-state index is -0.743. The second-order valence-corrected chi connectivity index (χ2v) is 4.78. The first-order valence-electron chi connectivity index (χ1n) is 6.73. The van der Waals surface area contributed by atoms with Gasteiger partial charge in [0.2, 0.25) is 6.10 Å². The third-order valence-corrected chi connectivity index (χ3v) is 3.52. The van der Waals surface area contributed by atoms with Crippen molar-refractivity contribution < 1.29 is 14.4 Å². The number of methoxy groups -OCH3 is 1. The van der Waals surface area contributed by atoms with Crippen molar-refractivity contribution in [1.82, 2.24) is 0 Å². The van der Waals surface area contributed by atoms with Crippen LogP contribution in [0.25, 0.3) is 0 Å². The van der Waals surface area contributed by atoms with Crippen molar-refractivity contribution in [2.24, 2.45) is 5.16 Å². The van der Waals surface area contributed by atoms with E-state index in [9.17, 15) is 4.79 Å². The highest BCUT2D eigenvalue weighted by Crippen LogP contribution is 2.32. The molecular formula is C17H15NO3. The fourth-order valence-corrected chi connectivity index (χ4v) is 2.50. The van der Waals surface area contributed by atoms with Gasteiger partial charge in [0.25, 0.3) is 0 Å². The van der Waals surface area contributed by atoms with Gasteiger partial charge in [0.05, 0.1) is 18.7 Å². The molecule has 0 bridgehead atoms. The first-order valence-corrected chi connectivity index (χ1v) is 6.73. The molecule has 0 radical (unpaired) electrons. The predicted octanol–water partition coefficient (Wildman–Crippen LogP) is 2.75. The number of hydrogen-bond acceptors (Lipinski definition) is 4. The molecule has 106 valence electrons. The highest BCUT2D eigenvalue weighted by atomic mass is 16.7. The number of esters is 1. The van der Waals surface area contributed by atoms with Crippen LogP contribution >= 0.6 is 0 Å². The Morgan fingerprint density at radius 1 is 1.05 bits per heavy atom. The van der Waals surface area contributed by atoms with E-state index < -0.39 is 12.1 Å². The van der Waals surface area contributed by atoms with E-state index in [1.54, 1.807) is 0 Å². The molecule has 0 aromatic heterocycles. The Morgan fingerprint density at radius 2 is 1.67 bits per heavy atom. The van der Waals surface area contributed by atoms with E-state index in [0.717, 1.165) is 16.8 Å². The number of hydrogen-bond donors (Lipinski definition) is 0. The summed E-state index contributed by atoms with van der Waals surface area (Å²) in [5.41, 5.74) is 2.67. The second-order valence-electron chi connectivity index (χ2n) is 4.78. The molecule has 0 saturated carbocycles. The number of carbonyl (C=O) groups excluding carboxylic acids is 1. The van der Waals surface area contributed by atoms with Gasteiger partial charge in [-0.25, -0.2) is 4.79 Å². The van der Waals surface area contributed by atoms with Crippen LogP contribution in [-0.2, 0) is 14.4 Å². The summed E-state index contributed by atoms with van der Waals surface area (Å²) >= 11 is 0. The van der Waals surface area contributed by atoms with Crippen LogP contribution in [0.3, 0.4) is 0 Å². The van der Waals surface area contributed by atoms with E-state index in [1.165, 1.54) is 7.11 Å². The molecule has 0 N–H and O–H groups in total. The van der Waals surface area contributed by atoms with E-state index in [-0.39, 0.29) is 5.92 Å². The zero-order chi connectivity index (χ0) is 14.7. The average Bonchev–Trinajstić information content (AvgIpc) is 3.00. The fourth-order valence-electron chi connectivity index (χ4n) is 2.50. The number of carbonyl (C=O) groups is 1. The maximum atomic E-state index is 12.0. The van der Waals surface area contributed by atoms with Crippen LogP contribution in [0.15, 0.2) is 65.8 Å². The summed E-state index contributed by atoms with van der Waals surface area (Å²) in [5.74, 6) is -0.681. The van der Waals surface area contributed by atoms with Crippen molar-refractivity contribution in [2.75, 3.05) is 7.11 Å². The lowest BCUT2D eigenvalue weighted by Gasteiger charge is -2.17. The number of oxime groups is 1. The number of nitrogens with zero attached hydrogens (tertiary/aromatic N) is 1. The van der Waals surface area contributed by atoms with Gasteiger partial charge in [0.1, 0.15) is 0 Å². The van der Waals surface area contributed by atoms with E-state index in [2.05, 4.69) is 5.16 Å². The summed E-state index contributed by atoms with van der Waals surface area (Å²) in [6, 6.07) is 19.5. The van der Waals surface area contributed by atoms with Gasteiger partial charge in [-0.15, -0.1) is 0 Å². The smallest absolute Gasteiger partial charge is 0.351 e. The summed E-state index contributed by atoms with van der Waals surface area (Å²) in [5, 5.41) is 4.13. The third kappa shape index (κ3) is 2.52. The van der Waals surface area contributed by atoms with Gasteiger partial charge in [-0.05, 0) is 5.56 Å². The topological polar surface area (TPSA) is 47.9 Å². The first kappa shape index (κ1) is 13.4. The normalized spacial score (nSPS) is 20.5. The monoisotopic (exact) mass is 281 g/mol. The molecule has 0 spiro atoms. The molecule has 1 aliphatic rings. The van der Waals surface area contributed by atoms with Crippen LogP contribution < -0.4 is 0 Å². The van der Waals surface area contributed by atoms with Crippen molar-refractivity contribution in [1.29, 1.82) is 0 Å². The van der Waals surface area contributed by atoms with Gasteiger partial charge < -0.3 is 9.57 Å². The number of benzene rings is 2. The summed E-state index contributed by atoms with van der Waals surface area (Å²) in [7, 11) is 1.36. The van der Waals surface area contributed by atoms with Gasteiger partial charge in [-0.2, -0.15) is 0 Å². The van der Waals surface area contributed by atoms with E-state index in [1.807, 2.05) is 60.7 Å². The molecule has 2 aromatic carbocycles. The number of rotatable bonds is 3. The Kier molecular flexibility index (Phi) is 3.69. The SMILES string of the molecule is COC(=O)[C@@H]1ON=C(c2ccccc2)[C@H]1c1ccccc1. The Morgan fingerprint density at radius 3 is 2.29 bits per heavy atom. The lowest BCUT2D eigenvalue weighted by molar-refractivity contribution is -0.153. The summed E-state index contributed by atoms with van der Waals surface area (Å²) in [6.45, 7) is 0. The van der Waals surface area contributed by atoms with Crippen LogP contribution in [0.5, 0.6) is 0 Å². The van der Waals surface area contributed by atoms with Crippen LogP contribution in [-0.4, -0.2) is 24.9 Å². The second kappa shape index (κ2) is 5.79. The maximum Gasteiger partial charge on any atom is 0.351 e. The van der Waals surface area contributed by atoms with E-state index in [0.29, 0.717) is 0 Å². The van der Waals surface area contributed by atoms with Crippen LogP contribution in [0, 0.1) is 0 Å². The molecule has 3 rings (SSSR count). The van der Waals surface area contributed by atoms with Gasteiger partial charge in [-0.1, -0.05) is 65.8 Å². The van der Waals surface area contributed by atoms with Gasteiger partial charge in [0.15, 0.2) is 0 Å². The molecule has 1 aliphatic heterocycles. The predicted molar refractivity (Wildman–Crippen MR) is 79.1 cm³/mol. The zero-order valence-electron chi connectivity index (χ0n) is 11.6. The Bertz CT molecular complexity index is 652. The van der Waals surface area contributed by atoms with Gasteiger partial charge in [-0.3, -0.25) is 0 Å². The number of ether oxygens (including phenoxy) is 1. The van der Waals surface area contributed by atoms with Crippen LogP contribution in [0.4, 0.5) is 0 Å². The molecule has 1 heterocycles. The quantitative estimate of drug-likeness (QED) is 0.813. The van der Waals surface area contributed by atoms with Crippen molar-refractivity contribution in [2.45, 2.75) is 12.0 Å². The van der Waals surface area contributed by atoms with E-state index in [4.69, 9.17) is 9.57 Å². The largest absolute Gasteiger partial charge is 0.466 e. The van der Waals surface area contributed by atoms with Crippen molar-refractivity contribution in [3.8, 4) is 0 Å². The molecule has 0 amide bonds. The zero-order valence-corrected chi connectivity index (χ0v) is 11.6. The molecule has 2 aromatic rings. The molecule has 4 nitrogen and oxygen atoms in total. The molecule has 0 saturated heterocycles.